The van der Waals surface area contributed by atoms with Crippen LogP contribution in [0, 0.1) is 0 Å². The predicted molar refractivity (Wildman–Crippen MR) is 95.3 cm³/mol. The SMILES string of the molecule is CCCn1c(S[C@H](C)C(=O)N(C)C)nc2cc(Cl)ccc2c1=O. The molecule has 0 aliphatic heterocycles. The largest absolute Gasteiger partial charge is 0.348 e. The maximum Gasteiger partial charge on any atom is 0.262 e. The monoisotopic (exact) mass is 353 g/mol. The molecule has 1 aromatic heterocycles. The van der Waals surface area contributed by atoms with Crippen LogP contribution < -0.4 is 5.56 Å². The summed E-state index contributed by atoms with van der Waals surface area (Å²) in [6, 6.07) is 5.06. The number of hydrogen-bond acceptors (Lipinski definition) is 4. The van der Waals surface area contributed by atoms with Crippen molar-refractivity contribution in [2.24, 2.45) is 0 Å². The summed E-state index contributed by atoms with van der Waals surface area (Å²) in [4.78, 5) is 30.9. The van der Waals surface area contributed by atoms with Crippen LogP contribution in [-0.4, -0.2) is 39.7 Å². The first-order valence-electron chi connectivity index (χ1n) is 7.43. The summed E-state index contributed by atoms with van der Waals surface area (Å²) >= 11 is 7.30. The van der Waals surface area contributed by atoms with Crippen LogP contribution in [0.2, 0.25) is 5.02 Å². The lowest BCUT2D eigenvalue weighted by molar-refractivity contribution is -0.127. The highest BCUT2D eigenvalue weighted by atomic mass is 35.5. The summed E-state index contributed by atoms with van der Waals surface area (Å²) in [6.07, 6.45) is 0.810. The molecule has 0 N–H and O–H groups in total. The lowest BCUT2D eigenvalue weighted by Gasteiger charge is -2.18. The molecule has 2 aromatic rings. The molecule has 0 bridgehead atoms. The summed E-state index contributed by atoms with van der Waals surface area (Å²) in [5.41, 5.74) is 0.461. The van der Waals surface area contributed by atoms with Gasteiger partial charge in [0.1, 0.15) is 0 Å². The molecule has 0 fully saturated rings. The molecule has 0 saturated carbocycles. The molecule has 0 saturated heterocycles. The number of benzene rings is 1. The van der Waals surface area contributed by atoms with Crippen LogP contribution in [-0.2, 0) is 11.3 Å². The lowest BCUT2D eigenvalue weighted by Crippen LogP contribution is -2.31. The fraction of sp³-hybridized carbons (Fsp3) is 0.438. The normalized spacial score (nSPS) is 12.4. The molecule has 1 amide bonds. The molecule has 0 spiro atoms. The maximum absolute atomic E-state index is 12.7. The number of halogens is 1. The average Bonchev–Trinajstić information content (AvgIpc) is 2.49. The quantitative estimate of drug-likeness (QED) is 0.612. The highest BCUT2D eigenvalue weighted by molar-refractivity contribution is 8.00. The topological polar surface area (TPSA) is 55.2 Å². The Morgan fingerprint density at radius 2 is 2.13 bits per heavy atom. The molecular weight excluding hydrogens is 334 g/mol. The standard InChI is InChI=1S/C16H20ClN3O2S/c1-5-8-20-15(22)12-7-6-11(17)9-13(12)18-16(20)23-10(2)14(21)19(3)4/h6-7,9-10H,5,8H2,1-4H3/t10-/m1/s1. The van der Waals surface area contributed by atoms with Gasteiger partial charge in [0.25, 0.3) is 5.56 Å². The second kappa shape index (κ2) is 7.36. The molecular formula is C16H20ClN3O2S. The number of fused-ring (bicyclic) bond motifs is 1. The van der Waals surface area contributed by atoms with Gasteiger partial charge in [0.05, 0.1) is 16.2 Å². The van der Waals surface area contributed by atoms with E-state index in [4.69, 9.17) is 11.6 Å². The highest BCUT2D eigenvalue weighted by Crippen LogP contribution is 2.24. The summed E-state index contributed by atoms with van der Waals surface area (Å²) in [5.74, 6) is -0.0153. The zero-order valence-electron chi connectivity index (χ0n) is 13.7. The number of rotatable bonds is 5. The van der Waals surface area contributed by atoms with E-state index in [1.54, 1.807) is 36.9 Å². The van der Waals surface area contributed by atoms with Crippen molar-refractivity contribution in [3.63, 3.8) is 0 Å². The molecule has 7 heteroatoms. The van der Waals surface area contributed by atoms with E-state index in [2.05, 4.69) is 4.98 Å². The fourth-order valence-electron chi connectivity index (χ4n) is 2.26. The Morgan fingerprint density at radius 3 is 2.74 bits per heavy atom. The highest BCUT2D eigenvalue weighted by Gasteiger charge is 2.20. The van der Waals surface area contributed by atoms with Gasteiger partial charge in [-0.05, 0) is 31.5 Å². The van der Waals surface area contributed by atoms with Crippen LogP contribution in [0.4, 0.5) is 0 Å². The van der Waals surface area contributed by atoms with Gasteiger partial charge in [-0.1, -0.05) is 30.3 Å². The van der Waals surface area contributed by atoms with Gasteiger partial charge in [0.15, 0.2) is 5.16 Å². The minimum Gasteiger partial charge on any atom is -0.348 e. The molecule has 5 nitrogen and oxygen atoms in total. The van der Waals surface area contributed by atoms with Crippen molar-refractivity contribution in [3.8, 4) is 0 Å². The van der Waals surface area contributed by atoms with Crippen LogP contribution in [0.1, 0.15) is 20.3 Å². The van der Waals surface area contributed by atoms with Gasteiger partial charge in [-0.25, -0.2) is 4.98 Å². The van der Waals surface area contributed by atoms with Crippen LogP contribution in [0.5, 0.6) is 0 Å². The predicted octanol–water partition coefficient (Wildman–Crippen LogP) is 3.03. The Bertz CT molecular complexity index is 789. The molecule has 2 rings (SSSR count). The van der Waals surface area contributed by atoms with Crippen LogP contribution in [0.15, 0.2) is 28.2 Å². The van der Waals surface area contributed by atoms with Crippen molar-refractivity contribution in [2.75, 3.05) is 14.1 Å². The molecule has 0 aliphatic rings. The molecule has 0 radical (unpaired) electrons. The molecule has 23 heavy (non-hydrogen) atoms. The van der Waals surface area contributed by atoms with Crippen molar-refractivity contribution in [3.05, 3.63) is 33.6 Å². The van der Waals surface area contributed by atoms with Gasteiger partial charge in [-0.15, -0.1) is 0 Å². The Morgan fingerprint density at radius 1 is 1.43 bits per heavy atom. The second-order valence-electron chi connectivity index (χ2n) is 5.51. The third kappa shape index (κ3) is 3.87. The van der Waals surface area contributed by atoms with Gasteiger partial charge in [0.2, 0.25) is 5.91 Å². The van der Waals surface area contributed by atoms with E-state index in [1.165, 1.54) is 16.7 Å². The molecule has 0 aliphatic carbocycles. The smallest absolute Gasteiger partial charge is 0.262 e. The van der Waals surface area contributed by atoms with Crippen molar-refractivity contribution in [1.29, 1.82) is 0 Å². The van der Waals surface area contributed by atoms with Crippen LogP contribution >= 0.6 is 23.4 Å². The minimum atomic E-state index is -0.323. The first-order chi connectivity index (χ1) is 10.8. The summed E-state index contributed by atoms with van der Waals surface area (Å²) in [5, 5.41) is 1.30. The Labute approximate surface area is 144 Å². The number of carbonyl (C=O) groups is 1. The summed E-state index contributed by atoms with van der Waals surface area (Å²) in [6.45, 7) is 4.38. The molecule has 124 valence electrons. The third-order valence-corrected chi connectivity index (χ3v) is 4.71. The molecule has 1 heterocycles. The van der Waals surface area contributed by atoms with Crippen molar-refractivity contribution < 1.29 is 4.79 Å². The van der Waals surface area contributed by atoms with Gasteiger partial charge >= 0.3 is 0 Å². The zero-order valence-corrected chi connectivity index (χ0v) is 15.2. The molecule has 1 atom stereocenters. The van der Waals surface area contributed by atoms with E-state index in [1.807, 2.05) is 13.8 Å². The van der Waals surface area contributed by atoms with Gasteiger partial charge < -0.3 is 4.90 Å². The van der Waals surface area contributed by atoms with E-state index < -0.39 is 0 Å². The average molecular weight is 354 g/mol. The van der Waals surface area contributed by atoms with Crippen molar-refractivity contribution >= 4 is 40.2 Å². The number of carbonyl (C=O) groups excluding carboxylic acids is 1. The van der Waals surface area contributed by atoms with Crippen LogP contribution in [0.3, 0.4) is 0 Å². The van der Waals surface area contributed by atoms with Gasteiger partial charge in [0, 0.05) is 25.7 Å². The molecule has 1 aromatic carbocycles. The Hall–Kier alpha value is -1.53. The number of aromatic nitrogens is 2. The van der Waals surface area contributed by atoms with E-state index in [0.717, 1.165) is 6.42 Å². The third-order valence-electron chi connectivity index (χ3n) is 3.40. The Balaban J connectivity index is 2.54. The van der Waals surface area contributed by atoms with Crippen molar-refractivity contribution in [2.45, 2.75) is 37.2 Å². The fourth-order valence-corrected chi connectivity index (χ4v) is 3.50. The van der Waals surface area contributed by atoms with E-state index in [9.17, 15) is 9.59 Å². The Kier molecular flexibility index (Phi) is 5.70. The second-order valence-corrected chi connectivity index (χ2v) is 7.25. The van der Waals surface area contributed by atoms with E-state index >= 15 is 0 Å². The van der Waals surface area contributed by atoms with Gasteiger partial charge in [-0.3, -0.25) is 14.2 Å². The van der Waals surface area contributed by atoms with Crippen molar-refractivity contribution in [1.82, 2.24) is 14.5 Å². The summed E-state index contributed by atoms with van der Waals surface area (Å²) < 4.78 is 1.64. The lowest BCUT2D eigenvalue weighted by atomic mass is 10.2. The van der Waals surface area contributed by atoms with Crippen LogP contribution in [0.25, 0.3) is 10.9 Å². The summed E-state index contributed by atoms with van der Waals surface area (Å²) in [7, 11) is 3.43. The van der Waals surface area contributed by atoms with Gasteiger partial charge in [-0.2, -0.15) is 0 Å². The van der Waals surface area contributed by atoms with E-state index in [-0.39, 0.29) is 16.7 Å². The number of thioether (sulfide) groups is 1. The van der Waals surface area contributed by atoms with E-state index in [0.29, 0.717) is 27.6 Å². The number of hydrogen-bond donors (Lipinski definition) is 0. The molecule has 0 unspecified atom stereocenters. The number of amides is 1. The minimum absolute atomic E-state index is 0.0153. The first kappa shape index (κ1) is 17.8. The maximum atomic E-state index is 12.7. The number of nitrogens with zero attached hydrogens (tertiary/aromatic N) is 3. The first-order valence-corrected chi connectivity index (χ1v) is 8.68. The zero-order chi connectivity index (χ0) is 17.1.